The fourth-order valence-electron chi connectivity index (χ4n) is 2.29. The Morgan fingerprint density at radius 3 is 2.50 bits per heavy atom. The van der Waals surface area contributed by atoms with Gasteiger partial charge in [0.15, 0.2) is 0 Å². The van der Waals surface area contributed by atoms with Crippen LogP contribution >= 0.6 is 11.6 Å². The van der Waals surface area contributed by atoms with Crippen molar-refractivity contribution in [3.63, 3.8) is 0 Å². The summed E-state index contributed by atoms with van der Waals surface area (Å²) in [6.45, 7) is 0.574. The smallest absolute Gasteiger partial charge is 0.255 e. The maximum absolute atomic E-state index is 12.4. The lowest BCUT2D eigenvalue weighted by Gasteiger charge is -2.09. The Labute approximate surface area is 156 Å². The number of nitrogens with one attached hydrogen (secondary N) is 2. The molecule has 2 aromatic carbocycles. The number of hydrogen-bond acceptors (Lipinski definition) is 4. The van der Waals surface area contributed by atoms with E-state index in [0.717, 1.165) is 5.56 Å². The van der Waals surface area contributed by atoms with E-state index in [2.05, 4.69) is 15.6 Å². The average molecular weight is 363 g/mol. The highest BCUT2D eigenvalue weighted by molar-refractivity contribution is 6.30. The molecule has 3 rings (SSSR count). The molecule has 0 atom stereocenters. The number of amides is 1. The SMILES string of the molecule is N#Cc1ccc(NC(=O)c2ccnc(NCc3ccc(Cl)cc3)c2)cc1. The third-order valence-electron chi connectivity index (χ3n) is 3.68. The summed E-state index contributed by atoms with van der Waals surface area (Å²) in [5.41, 5.74) is 2.72. The predicted molar refractivity (Wildman–Crippen MR) is 102 cm³/mol. The van der Waals surface area contributed by atoms with Crippen molar-refractivity contribution in [2.75, 3.05) is 10.6 Å². The molecule has 128 valence electrons. The molecule has 0 saturated heterocycles. The van der Waals surface area contributed by atoms with Crippen molar-refractivity contribution in [3.8, 4) is 6.07 Å². The summed E-state index contributed by atoms with van der Waals surface area (Å²) in [5, 5.41) is 15.5. The minimum Gasteiger partial charge on any atom is -0.366 e. The maximum atomic E-state index is 12.4. The lowest BCUT2D eigenvalue weighted by Crippen LogP contribution is -2.12. The van der Waals surface area contributed by atoms with Gasteiger partial charge in [-0.05, 0) is 54.1 Å². The average Bonchev–Trinajstić information content (AvgIpc) is 2.68. The summed E-state index contributed by atoms with van der Waals surface area (Å²) in [7, 11) is 0. The monoisotopic (exact) mass is 362 g/mol. The van der Waals surface area contributed by atoms with Gasteiger partial charge in [0.25, 0.3) is 5.91 Å². The van der Waals surface area contributed by atoms with E-state index in [1.54, 1.807) is 42.6 Å². The van der Waals surface area contributed by atoms with Crippen LogP contribution in [-0.4, -0.2) is 10.9 Å². The van der Waals surface area contributed by atoms with E-state index < -0.39 is 0 Å². The van der Waals surface area contributed by atoms with Crippen LogP contribution in [0.5, 0.6) is 0 Å². The number of anilines is 2. The highest BCUT2D eigenvalue weighted by Crippen LogP contribution is 2.14. The summed E-state index contributed by atoms with van der Waals surface area (Å²) in [5.74, 6) is 0.360. The summed E-state index contributed by atoms with van der Waals surface area (Å²) in [4.78, 5) is 16.6. The van der Waals surface area contributed by atoms with Gasteiger partial charge in [-0.15, -0.1) is 0 Å². The van der Waals surface area contributed by atoms with Crippen LogP contribution in [0, 0.1) is 11.3 Å². The molecule has 0 spiro atoms. The second kappa shape index (κ2) is 8.15. The maximum Gasteiger partial charge on any atom is 0.255 e. The van der Waals surface area contributed by atoms with E-state index >= 15 is 0 Å². The first kappa shape index (κ1) is 17.5. The van der Waals surface area contributed by atoms with E-state index in [4.69, 9.17) is 16.9 Å². The Hall–Kier alpha value is -3.36. The summed E-state index contributed by atoms with van der Waals surface area (Å²) >= 11 is 5.87. The number of halogens is 1. The van der Waals surface area contributed by atoms with Gasteiger partial charge in [-0.3, -0.25) is 4.79 Å². The Balaban J connectivity index is 1.64. The van der Waals surface area contributed by atoms with Gasteiger partial charge >= 0.3 is 0 Å². The molecule has 0 saturated carbocycles. The van der Waals surface area contributed by atoms with Crippen molar-refractivity contribution in [1.82, 2.24) is 4.98 Å². The first-order valence-electron chi connectivity index (χ1n) is 7.90. The number of nitrogens with zero attached hydrogens (tertiary/aromatic N) is 2. The van der Waals surface area contributed by atoms with Crippen LogP contribution in [0.15, 0.2) is 66.9 Å². The van der Waals surface area contributed by atoms with E-state index in [1.807, 2.05) is 30.3 Å². The molecule has 0 aliphatic carbocycles. The molecule has 2 N–H and O–H groups in total. The zero-order valence-electron chi connectivity index (χ0n) is 13.7. The molecular formula is C20H15ClN4O. The van der Waals surface area contributed by atoms with E-state index in [0.29, 0.717) is 34.2 Å². The molecule has 3 aromatic rings. The number of benzene rings is 2. The molecule has 0 bridgehead atoms. The Kier molecular flexibility index (Phi) is 5.47. The van der Waals surface area contributed by atoms with Crippen molar-refractivity contribution < 1.29 is 4.79 Å². The number of nitriles is 1. The van der Waals surface area contributed by atoms with Crippen molar-refractivity contribution in [2.45, 2.75) is 6.54 Å². The van der Waals surface area contributed by atoms with Crippen molar-refractivity contribution in [2.24, 2.45) is 0 Å². The standard InChI is InChI=1S/C20H15ClN4O/c21-17-5-1-15(2-6-17)13-24-19-11-16(9-10-23-19)20(26)25-18-7-3-14(12-22)4-8-18/h1-11H,13H2,(H,23,24)(H,25,26). The molecule has 5 nitrogen and oxygen atoms in total. The van der Waals surface area contributed by atoms with Crippen LogP contribution < -0.4 is 10.6 Å². The molecule has 6 heteroatoms. The zero-order chi connectivity index (χ0) is 18.4. The van der Waals surface area contributed by atoms with Gasteiger partial charge < -0.3 is 10.6 Å². The third kappa shape index (κ3) is 4.59. The molecule has 0 radical (unpaired) electrons. The second-order valence-electron chi connectivity index (χ2n) is 5.55. The minimum absolute atomic E-state index is 0.244. The Morgan fingerprint density at radius 2 is 1.81 bits per heavy atom. The first-order valence-corrected chi connectivity index (χ1v) is 8.28. The fraction of sp³-hybridized carbons (Fsp3) is 0.0500. The van der Waals surface area contributed by atoms with Crippen LogP contribution in [0.4, 0.5) is 11.5 Å². The second-order valence-corrected chi connectivity index (χ2v) is 5.99. The van der Waals surface area contributed by atoms with Crippen LogP contribution in [0.3, 0.4) is 0 Å². The van der Waals surface area contributed by atoms with Crippen LogP contribution in [0.2, 0.25) is 5.02 Å². The van der Waals surface area contributed by atoms with Crippen molar-refractivity contribution in [3.05, 3.63) is 88.6 Å². The van der Waals surface area contributed by atoms with Crippen LogP contribution in [0.25, 0.3) is 0 Å². The Morgan fingerprint density at radius 1 is 1.08 bits per heavy atom. The lowest BCUT2D eigenvalue weighted by atomic mass is 10.2. The number of hydrogen-bond donors (Lipinski definition) is 2. The minimum atomic E-state index is -0.244. The first-order chi connectivity index (χ1) is 12.6. The van der Waals surface area contributed by atoms with Gasteiger partial charge in [0.05, 0.1) is 11.6 Å². The quantitative estimate of drug-likeness (QED) is 0.701. The lowest BCUT2D eigenvalue weighted by molar-refractivity contribution is 0.102. The summed E-state index contributed by atoms with van der Waals surface area (Å²) < 4.78 is 0. The van der Waals surface area contributed by atoms with Crippen molar-refractivity contribution in [1.29, 1.82) is 5.26 Å². The fourth-order valence-corrected chi connectivity index (χ4v) is 2.42. The van der Waals surface area contributed by atoms with Crippen LogP contribution in [-0.2, 0) is 6.54 Å². The topological polar surface area (TPSA) is 77.8 Å². The number of carbonyl (C=O) groups excluding carboxylic acids is 1. The third-order valence-corrected chi connectivity index (χ3v) is 3.93. The highest BCUT2D eigenvalue weighted by Gasteiger charge is 2.08. The van der Waals surface area contributed by atoms with Gasteiger partial charge in [0.2, 0.25) is 0 Å². The highest BCUT2D eigenvalue weighted by atomic mass is 35.5. The molecular weight excluding hydrogens is 348 g/mol. The molecule has 0 aliphatic heterocycles. The van der Waals surface area contributed by atoms with Gasteiger partial charge in [0.1, 0.15) is 5.82 Å². The van der Waals surface area contributed by atoms with Crippen molar-refractivity contribution >= 4 is 29.0 Å². The van der Waals surface area contributed by atoms with E-state index in [9.17, 15) is 4.79 Å². The zero-order valence-corrected chi connectivity index (χ0v) is 14.5. The number of rotatable bonds is 5. The summed E-state index contributed by atoms with van der Waals surface area (Å²) in [6, 6.07) is 19.6. The predicted octanol–water partition coefficient (Wildman–Crippen LogP) is 4.47. The van der Waals surface area contributed by atoms with E-state index in [1.165, 1.54) is 0 Å². The molecule has 1 amide bonds. The largest absolute Gasteiger partial charge is 0.366 e. The van der Waals surface area contributed by atoms with Gasteiger partial charge in [0, 0.05) is 29.0 Å². The molecule has 26 heavy (non-hydrogen) atoms. The molecule has 0 aliphatic rings. The molecule has 1 heterocycles. The van der Waals surface area contributed by atoms with Gasteiger partial charge in [-0.2, -0.15) is 5.26 Å². The van der Waals surface area contributed by atoms with Gasteiger partial charge in [-0.25, -0.2) is 4.98 Å². The number of pyridine rings is 1. The van der Waals surface area contributed by atoms with E-state index in [-0.39, 0.29) is 5.91 Å². The van der Waals surface area contributed by atoms with Crippen LogP contribution in [0.1, 0.15) is 21.5 Å². The molecule has 0 unspecified atom stereocenters. The summed E-state index contributed by atoms with van der Waals surface area (Å²) in [6.07, 6.45) is 1.58. The molecule has 1 aromatic heterocycles. The normalized spacial score (nSPS) is 10.0. The molecule has 0 fully saturated rings. The Bertz CT molecular complexity index is 947. The number of carbonyl (C=O) groups is 1. The number of aromatic nitrogens is 1. The van der Waals surface area contributed by atoms with Gasteiger partial charge in [-0.1, -0.05) is 23.7 Å².